The molecule has 0 aliphatic heterocycles. The number of hydrogen-bond acceptors (Lipinski definition) is 3. The Labute approximate surface area is 112 Å². The molecule has 0 spiro atoms. The average Bonchev–Trinajstić information content (AvgIpc) is 2.24. The second kappa shape index (κ2) is 6.07. The maximum absolute atomic E-state index is 11.5. The number of carbonyl (C=O) groups excluding carboxylic acids is 1. The number of carbonyl (C=O) groups is 1. The molecule has 18 heavy (non-hydrogen) atoms. The van der Waals surface area contributed by atoms with Crippen molar-refractivity contribution in [1.82, 2.24) is 5.32 Å². The van der Waals surface area contributed by atoms with E-state index in [9.17, 15) is 9.90 Å². The molecule has 1 rings (SSSR count). The lowest BCUT2D eigenvalue weighted by molar-refractivity contribution is 0.0523. The van der Waals surface area contributed by atoms with E-state index in [1.807, 2.05) is 0 Å². The number of halogens is 1. The highest BCUT2D eigenvalue weighted by atomic mass is 35.5. The summed E-state index contributed by atoms with van der Waals surface area (Å²) in [5.74, 6) is 0. The van der Waals surface area contributed by atoms with Crippen LogP contribution in [0.4, 0.5) is 4.79 Å². The van der Waals surface area contributed by atoms with Crippen LogP contribution in [0.3, 0.4) is 0 Å². The second-order valence-corrected chi connectivity index (χ2v) is 5.36. The summed E-state index contributed by atoms with van der Waals surface area (Å²) in [7, 11) is 0. The number of alkyl carbamates (subject to hydrolysis) is 1. The van der Waals surface area contributed by atoms with Gasteiger partial charge in [-0.25, -0.2) is 4.79 Å². The van der Waals surface area contributed by atoms with Crippen LogP contribution in [-0.4, -0.2) is 16.8 Å². The largest absolute Gasteiger partial charge is 0.444 e. The minimum absolute atomic E-state index is 0.119. The van der Waals surface area contributed by atoms with E-state index in [2.05, 4.69) is 5.32 Å². The van der Waals surface area contributed by atoms with Gasteiger partial charge in [-0.3, -0.25) is 0 Å². The van der Waals surface area contributed by atoms with Crippen LogP contribution in [0.15, 0.2) is 18.2 Å². The fourth-order valence-electron chi connectivity index (χ4n) is 1.40. The molecular formula is C13H18ClNO3. The van der Waals surface area contributed by atoms with Crippen molar-refractivity contribution in [2.75, 3.05) is 0 Å². The van der Waals surface area contributed by atoms with Gasteiger partial charge in [0.25, 0.3) is 0 Å². The first-order chi connectivity index (χ1) is 8.31. The zero-order chi connectivity index (χ0) is 13.8. The standard InChI is InChI=1S/C13H18ClNO3/c1-13(2,3)18-12(17)15-7-9-4-5-11(14)6-10(9)8-16/h4-6,16H,7-8H2,1-3H3,(H,15,17). The summed E-state index contributed by atoms with van der Waals surface area (Å²) in [5, 5.41) is 12.4. The molecule has 0 saturated heterocycles. The SMILES string of the molecule is CC(C)(C)OC(=O)NCc1ccc(Cl)cc1CO. The van der Waals surface area contributed by atoms with Crippen molar-refractivity contribution < 1.29 is 14.6 Å². The summed E-state index contributed by atoms with van der Waals surface area (Å²) in [5.41, 5.74) is 0.982. The number of benzene rings is 1. The predicted octanol–water partition coefficient (Wildman–Crippen LogP) is 2.86. The number of aliphatic hydroxyl groups is 1. The number of rotatable bonds is 3. The number of amides is 1. The van der Waals surface area contributed by atoms with E-state index < -0.39 is 11.7 Å². The van der Waals surface area contributed by atoms with Crippen LogP contribution in [-0.2, 0) is 17.9 Å². The number of aliphatic hydroxyl groups excluding tert-OH is 1. The van der Waals surface area contributed by atoms with E-state index in [0.29, 0.717) is 17.1 Å². The van der Waals surface area contributed by atoms with Crippen molar-refractivity contribution >= 4 is 17.7 Å². The molecule has 0 aromatic heterocycles. The Morgan fingerprint density at radius 2 is 2.06 bits per heavy atom. The van der Waals surface area contributed by atoms with E-state index in [1.54, 1.807) is 39.0 Å². The van der Waals surface area contributed by atoms with Crippen molar-refractivity contribution in [1.29, 1.82) is 0 Å². The molecule has 0 radical (unpaired) electrons. The quantitative estimate of drug-likeness (QED) is 0.889. The topological polar surface area (TPSA) is 58.6 Å². The normalized spacial score (nSPS) is 11.2. The molecule has 0 aliphatic carbocycles. The highest BCUT2D eigenvalue weighted by molar-refractivity contribution is 6.30. The lowest BCUT2D eigenvalue weighted by atomic mass is 10.1. The van der Waals surface area contributed by atoms with Crippen molar-refractivity contribution in [3.63, 3.8) is 0 Å². The molecule has 1 aromatic rings. The third-order valence-electron chi connectivity index (χ3n) is 2.16. The van der Waals surface area contributed by atoms with E-state index >= 15 is 0 Å². The van der Waals surface area contributed by atoms with E-state index in [-0.39, 0.29) is 6.61 Å². The van der Waals surface area contributed by atoms with Crippen LogP contribution < -0.4 is 5.32 Å². The molecule has 100 valence electrons. The lowest BCUT2D eigenvalue weighted by Crippen LogP contribution is -2.32. The van der Waals surface area contributed by atoms with Gasteiger partial charge >= 0.3 is 6.09 Å². The molecule has 5 heteroatoms. The monoisotopic (exact) mass is 271 g/mol. The van der Waals surface area contributed by atoms with Gasteiger partial charge in [-0.2, -0.15) is 0 Å². The van der Waals surface area contributed by atoms with Gasteiger partial charge in [0.15, 0.2) is 0 Å². The number of ether oxygens (including phenoxy) is 1. The summed E-state index contributed by atoms with van der Waals surface area (Å²) >= 11 is 5.82. The molecule has 1 aromatic carbocycles. The number of nitrogens with one attached hydrogen (secondary N) is 1. The van der Waals surface area contributed by atoms with Gasteiger partial charge < -0.3 is 15.2 Å². The Bertz CT molecular complexity index is 427. The maximum Gasteiger partial charge on any atom is 0.407 e. The smallest absolute Gasteiger partial charge is 0.407 e. The Balaban J connectivity index is 2.61. The van der Waals surface area contributed by atoms with Crippen LogP contribution >= 0.6 is 11.6 Å². The third kappa shape index (κ3) is 4.94. The Hall–Kier alpha value is -1.26. The Kier molecular flexibility index (Phi) is 4.99. The number of hydrogen-bond donors (Lipinski definition) is 2. The fraction of sp³-hybridized carbons (Fsp3) is 0.462. The van der Waals surface area contributed by atoms with Crippen LogP contribution in [0.1, 0.15) is 31.9 Å². The first-order valence-electron chi connectivity index (χ1n) is 5.67. The summed E-state index contributed by atoms with van der Waals surface area (Å²) in [6.45, 7) is 5.57. The molecule has 4 nitrogen and oxygen atoms in total. The van der Waals surface area contributed by atoms with Crippen molar-refractivity contribution in [2.45, 2.75) is 39.5 Å². The van der Waals surface area contributed by atoms with Gasteiger partial charge in [-0.15, -0.1) is 0 Å². The predicted molar refractivity (Wildman–Crippen MR) is 70.4 cm³/mol. The van der Waals surface area contributed by atoms with Crippen molar-refractivity contribution in [3.05, 3.63) is 34.3 Å². The third-order valence-corrected chi connectivity index (χ3v) is 2.40. The Morgan fingerprint density at radius 1 is 1.39 bits per heavy atom. The van der Waals surface area contributed by atoms with Gasteiger partial charge in [-0.1, -0.05) is 17.7 Å². The zero-order valence-corrected chi connectivity index (χ0v) is 11.5. The molecular weight excluding hydrogens is 254 g/mol. The van der Waals surface area contributed by atoms with Gasteiger partial charge in [0, 0.05) is 11.6 Å². The van der Waals surface area contributed by atoms with Crippen LogP contribution in [0, 0.1) is 0 Å². The fourth-order valence-corrected chi connectivity index (χ4v) is 1.59. The molecule has 0 atom stereocenters. The van der Waals surface area contributed by atoms with Gasteiger partial charge in [0.1, 0.15) is 5.60 Å². The van der Waals surface area contributed by atoms with Crippen molar-refractivity contribution in [3.8, 4) is 0 Å². The molecule has 0 aliphatic rings. The first-order valence-corrected chi connectivity index (χ1v) is 6.04. The van der Waals surface area contributed by atoms with E-state index in [1.165, 1.54) is 0 Å². The first kappa shape index (κ1) is 14.8. The molecule has 2 N–H and O–H groups in total. The van der Waals surface area contributed by atoms with Gasteiger partial charge in [0.2, 0.25) is 0 Å². The summed E-state index contributed by atoms with van der Waals surface area (Å²) in [6, 6.07) is 5.16. The molecule has 0 heterocycles. The second-order valence-electron chi connectivity index (χ2n) is 4.93. The van der Waals surface area contributed by atoms with Crippen molar-refractivity contribution in [2.24, 2.45) is 0 Å². The minimum Gasteiger partial charge on any atom is -0.444 e. The lowest BCUT2D eigenvalue weighted by Gasteiger charge is -2.20. The average molecular weight is 272 g/mol. The van der Waals surface area contributed by atoms with Gasteiger partial charge in [-0.05, 0) is 44.0 Å². The highest BCUT2D eigenvalue weighted by Crippen LogP contribution is 2.16. The molecule has 0 saturated carbocycles. The molecule has 0 fully saturated rings. The van der Waals surface area contributed by atoms with Crippen LogP contribution in [0.2, 0.25) is 5.02 Å². The zero-order valence-electron chi connectivity index (χ0n) is 10.8. The van der Waals surface area contributed by atoms with Crippen LogP contribution in [0.5, 0.6) is 0 Å². The van der Waals surface area contributed by atoms with E-state index in [4.69, 9.17) is 16.3 Å². The van der Waals surface area contributed by atoms with Crippen LogP contribution in [0.25, 0.3) is 0 Å². The van der Waals surface area contributed by atoms with E-state index in [0.717, 1.165) is 5.56 Å². The molecule has 0 bridgehead atoms. The molecule has 1 amide bonds. The highest BCUT2D eigenvalue weighted by Gasteiger charge is 2.16. The summed E-state index contributed by atoms with van der Waals surface area (Å²) < 4.78 is 5.12. The molecule has 0 unspecified atom stereocenters. The minimum atomic E-state index is -0.524. The maximum atomic E-state index is 11.5. The Morgan fingerprint density at radius 3 is 2.61 bits per heavy atom. The summed E-state index contributed by atoms with van der Waals surface area (Å²) in [4.78, 5) is 11.5. The van der Waals surface area contributed by atoms with Gasteiger partial charge in [0.05, 0.1) is 6.61 Å². The summed E-state index contributed by atoms with van der Waals surface area (Å²) in [6.07, 6.45) is -0.485.